The number of benzene rings is 3. The maximum absolute atomic E-state index is 12.3. The van der Waals surface area contributed by atoms with Gasteiger partial charge in [-0.3, -0.25) is 4.79 Å². The van der Waals surface area contributed by atoms with Crippen LogP contribution >= 0.6 is 0 Å². The average Bonchev–Trinajstić information content (AvgIpc) is 3.37. The number of para-hydroxylation sites is 3. The third-order valence-electron chi connectivity index (χ3n) is 5.02. The second-order valence-corrected chi connectivity index (χ2v) is 7.51. The number of hydrogen-bond donors (Lipinski definition) is 1. The molecule has 1 N–H and O–H groups in total. The van der Waals surface area contributed by atoms with Crippen molar-refractivity contribution in [1.82, 2.24) is 0 Å². The first-order chi connectivity index (χ1) is 16.2. The van der Waals surface area contributed by atoms with Crippen molar-refractivity contribution in [2.45, 2.75) is 18.9 Å². The van der Waals surface area contributed by atoms with Crippen LogP contribution in [0.5, 0.6) is 17.2 Å². The first kappa shape index (κ1) is 22.4. The maximum Gasteiger partial charge on any atom is 0.338 e. The number of ether oxygens (including phenoxy) is 4. The lowest BCUT2D eigenvalue weighted by Gasteiger charge is -2.13. The van der Waals surface area contributed by atoms with E-state index in [1.807, 2.05) is 36.4 Å². The van der Waals surface area contributed by atoms with Crippen LogP contribution in [0, 0.1) is 0 Å². The first-order valence-electron chi connectivity index (χ1n) is 10.8. The van der Waals surface area contributed by atoms with Crippen LogP contribution in [0.15, 0.2) is 78.9 Å². The Hall–Kier alpha value is -3.84. The third kappa shape index (κ3) is 6.57. The van der Waals surface area contributed by atoms with E-state index < -0.39 is 18.5 Å². The Kier molecular flexibility index (Phi) is 7.56. The predicted octanol–water partition coefficient (Wildman–Crippen LogP) is 4.83. The summed E-state index contributed by atoms with van der Waals surface area (Å²) in [5.74, 6) is 0.722. The lowest BCUT2D eigenvalue weighted by Crippen LogP contribution is -2.21. The number of carbonyl (C=O) groups is 2. The summed E-state index contributed by atoms with van der Waals surface area (Å²) in [6, 6.07) is 22.9. The molecule has 0 bridgehead atoms. The molecular weight excluding hydrogens is 422 g/mol. The van der Waals surface area contributed by atoms with Gasteiger partial charge in [-0.1, -0.05) is 30.3 Å². The summed E-state index contributed by atoms with van der Waals surface area (Å²) in [5.41, 5.74) is 0.815. The van der Waals surface area contributed by atoms with Gasteiger partial charge in [-0.15, -0.1) is 0 Å². The summed E-state index contributed by atoms with van der Waals surface area (Å²) < 4.78 is 22.2. The van der Waals surface area contributed by atoms with Crippen molar-refractivity contribution >= 4 is 17.6 Å². The van der Waals surface area contributed by atoms with E-state index in [-0.39, 0.29) is 6.10 Å². The van der Waals surface area contributed by atoms with Crippen molar-refractivity contribution in [3.05, 3.63) is 84.4 Å². The molecule has 1 atom stereocenters. The van der Waals surface area contributed by atoms with Gasteiger partial charge in [-0.2, -0.15) is 0 Å². The van der Waals surface area contributed by atoms with Crippen molar-refractivity contribution in [3.8, 4) is 17.2 Å². The topological polar surface area (TPSA) is 83.1 Å². The Balaban J connectivity index is 1.26. The lowest BCUT2D eigenvalue weighted by atomic mass is 10.2. The van der Waals surface area contributed by atoms with E-state index in [4.69, 9.17) is 18.9 Å². The van der Waals surface area contributed by atoms with Crippen molar-refractivity contribution in [2.75, 3.05) is 25.1 Å². The molecule has 4 rings (SSSR count). The molecule has 1 heterocycles. The molecule has 33 heavy (non-hydrogen) atoms. The highest BCUT2D eigenvalue weighted by atomic mass is 16.5. The average molecular weight is 447 g/mol. The summed E-state index contributed by atoms with van der Waals surface area (Å²) in [6.45, 7) is 0.840. The summed E-state index contributed by atoms with van der Waals surface area (Å²) >= 11 is 0. The molecule has 0 saturated carbocycles. The normalized spacial score (nSPS) is 15.0. The molecule has 0 aliphatic carbocycles. The number of anilines is 1. The standard InChI is InChI=1S/C26H25NO6/c28-25(27-23-10-4-5-11-24(23)33-21-7-2-1-3-8-21)18-32-26(29)19-12-14-20(15-13-19)31-17-22-9-6-16-30-22/h1-5,7-8,10-15,22H,6,9,16-18H2,(H,27,28). The van der Waals surface area contributed by atoms with E-state index in [1.165, 1.54) is 0 Å². The summed E-state index contributed by atoms with van der Waals surface area (Å²) in [6.07, 6.45) is 2.17. The van der Waals surface area contributed by atoms with Gasteiger partial charge in [0.15, 0.2) is 12.4 Å². The maximum atomic E-state index is 12.3. The molecule has 1 aliphatic rings. The van der Waals surface area contributed by atoms with Crippen molar-refractivity contribution in [3.63, 3.8) is 0 Å². The van der Waals surface area contributed by atoms with Crippen molar-refractivity contribution in [2.24, 2.45) is 0 Å². The quantitative estimate of drug-likeness (QED) is 0.473. The van der Waals surface area contributed by atoms with Gasteiger partial charge >= 0.3 is 5.97 Å². The van der Waals surface area contributed by atoms with E-state index in [2.05, 4.69) is 5.32 Å². The largest absolute Gasteiger partial charge is 0.491 e. The number of amides is 1. The fourth-order valence-electron chi connectivity index (χ4n) is 3.33. The molecule has 1 saturated heterocycles. The van der Waals surface area contributed by atoms with E-state index in [9.17, 15) is 9.59 Å². The van der Waals surface area contributed by atoms with E-state index in [0.29, 0.717) is 35.1 Å². The molecule has 1 unspecified atom stereocenters. The predicted molar refractivity (Wildman–Crippen MR) is 123 cm³/mol. The number of nitrogens with one attached hydrogen (secondary N) is 1. The van der Waals surface area contributed by atoms with Crippen LogP contribution in [-0.4, -0.2) is 37.8 Å². The van der Waals surface area contributed by atoms with E-state index in [0.717, 1.165) is 19.4 Å². The number of rotatable bonds is 9. The summed E-state index contributed by atoms with van der Waals surface area (Å²) in [4.78, 5) is 24.6. The molecular formula is C26H25NO6. The fourth-order valence-corrected chi connectivity index (χ4v) is 3.33. The van der Waals surface area contributed by atoms with Gasteiger partial charge in [0.1, 0.15) is 18.1 Å². The summed E-state index contributed by atoms with van der Waals surface area (Å²) in [7, 11) is 0. The van der Waals surface area contributed by atoms with Crippen LogP contribution in [0.1, 0.15) is 23.2 Å². The molecule has 1 amide bonds. The van der Waals surface area contributed by atoms with Crippen LogP contribution in [0.3, 0.4) is 0 Å². The zero-order chi connectivity index (χ0) is 22.9. The Bertz CT molecular complexity index is 1060. The highest BCUT2D eigenvalue weighted by Crippen LogP contribution is 2.29. The van der Waals surface area contributed by atoms with E-state index >= 15 is 0 Å². The molecule has 3 aromatic rings. The van der Waals surface area contributed by atoms with Crippen molar-refractivity contribution in [1.29, 1.82) is 0 Å². The second kappa shape index (κ2) is 11.2. The van der Waals surface area contributed by atoms with Gasteiger partial charge in [-0.25, -0.2) is 4.79 Å². The molecule has 3 aromatic carbocycles. The molecule has 1 fully saturated rings. The smallest absolute Gasteiger partial charge is 0.338 e. The molecule has 0 radical (unpaired) electrons. The Morgan fingerprint density at radius 2 is 1.67 bits per heavy atom. The number of esters is 1. The fraction of sp³-hybridized carbons (Fsp3) is 0.231. The Morgan fingerprint density at radius 3 is 2.42 bits per heavy atom. The Labute approximate surface area is 192 Å². The van der Waals surface area contributed by atoms with E-state index in [1.54, 1.807) is 42.5 Å². The Morgan fingerprint density at radius 1 is 0.909 bits per heavy atom. The molecule has 0 spiro atoms. The molecule has 1 aliphatic heterocycles. The number of carbonyl (C=O) groups excluding carboxylic acids is 2. The highest BCUT2D eigenvalue weighted by molar-refractivity contribution is 5.96. The van der Waals surface area contributed by atoms with Gasteiger partial charge in [0.05, 0.1) is 17.4 Å². The minimum absolute atomic E-state index is 0.122. The minimum Gasteiger partial charge on any atom is -0.491 e. The lowest BCUT2D eigenvalue weighted by molar-refractivity contribution is -0.119. The van der Waals surface area contributed by atoms with Gasteiger partial charge in [0.25, 0.3) is 5.91 Å². The third-order valence-corrected chi connectivity index (χ3v) is 5.02. The monoisotopic (exact) mass is 447 g/mol. The van der Waals surface area contributed by atoms with Crippen molar-refractivity contribution < 1.29 is 28.5 Å². The van der Waals surface area contributed by atoms with Crippen LogP contribution < -0.4 is 14.8 Å². The minimum atomic E-state index is -0.593. The zero-order valence-electron chi connectivity index (χ0n) is 18.1. The molecule has 7 heteroatoms. The molecule has 170 valence electrons. The van der Waals surface area contributed by atoms with Gasteiger partial charge in [-0.05, 0) is 61.4 Å². The van der Waals surface area contributed by atoms with Crippen LogP contribution in [0.25, 0.3) is 0 Å². The number of hydrogen-bond acceptors (Lipinski definition) is 6. The first-order valence-corrected chi connectivity index (χ1v) is 10.8. The zero-order valence-corrected chi connectivity index (χ0v) is 18.1. The van der Waals surface area contributed by atoms with Gasteiger partial charge in [0, 0.05) is 6.61 Å². The van der Waals surface area contributed by atoms with Crippen LogP contribution in [0.4, 0.5) is 5.69 Å². The van der Waals surface area contributed by atoms with Crippen LogP contribution in [0.2, 0.25) is 0 Å². The SMILES string of the molecule is O=C(COC(=O)c1ccc(OCC2CCCO2)cc1)Nc1ccccc1Oc1ccccc1. The molecule has 7 nitrogen and oxygen atoms in total. The second-order valence-electron chi connectivity index (χ2n) is 7.51. The molecule has 0 aromatic heterocycles. The highest BCUT2D eigenvalue weighted by Gasteiger charge is 2.16. The van der Waals surface area contributed by atoms with Gasteiger partial charge < -0.3 is 24.3 Å². The van der Waals surface area contributed by atoms with Gasteiger partial charge in [0.2, 0.25) is 0 Å². The van der Waals surface area contributed by atoms with Crippen LogP contribution in [-0.2, 0) is 14.3 Å². The summed E-state index contributed by atoms with van der Waals surface area (Å²) in [5, 5.41) is 2.72.